The summed E-state index contributed by atoms with van der Waals surface area (Å²) in [5.74, 6) is -1.19. The number of aliphatic carboxylic acids is 1. The third kappa shape index (κ3) is 5.41. The summed E-state index contributed by atoms with van der Waals surface area (Å²) in [5, 5.41) is 14.0. The van der Waals surface area contributed by atoms with Crippen molar-refractivity contribution in [2.45, 2.75) is 46.2 Å². The van der Waals surface area contributed by atoms with Gasteiger partial charge in [0.25, 0.3) is 0 Å². The zero-order valence-corrected chi connectivity index (χ0v) is 12.5. The maximum atomic E-state index is 13.5. The van der Waals surface area contributed by atoms with E-state index in [9.17, 15) is 14.0 Å². The number of aryl methyl sites for hydroxylation is 2. The fraction of sp³-hybridized carbons (Fsp3) is 0.467. The van der Waals surface area contributed by atoms with Gasteiger partial charge in [-0.05, 0) is 37.0 Å². The lowest BCUT2D eigenvalue weighted by Gasteiger charge is -2.15. The maximum absolute atomic E-state index is 13.5. The van der Waals surface area contributed by atoms with E-state index in [1.807, 2.05) is 0 Å². The molecule has 1 aromatic carbocycles. The molecule has 3 N–H and O–H groups in total. The second kappa shape index (κ2) is 7.61. The smallest absolute Gasteiger partial charge is 0.315 e. The third-order valence-electron chi connectivity index (χ3n) is 3.20. The second-order valence-corrected chi connectivity index (χ2v) is 5.07. The fourth-order valence-electron chi connectivity index (χ4n) is 2.06. The van der Waals surface area contributed by atoms with Crippen molar-refractivity contribution >= 4 is 12.0 Å². The Bertz CT molecular complexity index is 509. The monoisotopic (exact) mass is 296 g/mol. The highest BCUT2D eigenvalue weighted by Crippen LogP contribution is 2.14. The summed E-state index contributed by atoms with van der Waals surface area (Å²) in [4.78, 5) is 22.3. The highest BCUT2D eigenvalue weighted by molar-refractivity contribution is 5.75. The van der Waals surface area contributed by atoms with Gasteiger partial charge in [-0.3, -0.25) is 4.79 Å². The Labute approximate surface area is 123 Å². The van der Waals surface area contributed by atoms with E-state index in [1.165, 1.54) is 0 Å². The van der Waals surface area contributed by atoms with Gasteiger partial charge in [0.15, 0.2) is 0 Å². The Hall–Kier alpha value is -2.11. The minimum Gasteiger partial charge on any atom is -0.481 e. The number of hydrogen-bond acceptors (Lipinski definition) is 2. The highest BCUT2D eigenvalue weighted by atomic mass is 19.1. The van der Waals surface area contributed by atoms with Gasteiger partial charge in [-0.1, -0.05) is 19.1 Å². The van der Waals surface area contributed by atoms with E-state index in [2.05, 4.69) is 10.6 Å². The molecule has 0 aliphatic carbocycles. The predicted octanol–water partition coefficient (Wildman–Crippen LogP) is 2.50. The zero-order chi connectivity index (χ0) is 16.0. The molecular weight excluding hydrogens is 275 g/mol. The van der Waals surface area contributed by atoms with Crippen molar-refractivity contribution in [1.82, 2.24) is 10.6 Å². The maximum Gasteiger partial charge on any atom is 0.315 e. The van der Waals surface area contributed by atoms with Crippen LogP contribution >= 0.6 is 0 Å². The molecule has 0 heterocycles. The highest BCUT2D eigenvalue weighted by Gasteiger charge is 2.13. The number of benzene rings is 1. The van der Waals surface area contributed by atoms with E-state index in [0.717, 1.165) is 5.56 Å². The van der Waals surface area contributed by atoms with Crippen LogP contribution in [0.3, 0.4) is 0 Å². The van der Waals surface area contributed by atoms with Gasteiger partial charge >= 0.3 is 12.0 Å². The molecule has 0 radical (unpaired) electrons. The van der Waals surface area contributed by atoms with Crippen LogP contribution in [0.2, 0.25) is 0 Å². The number of halogens is 1. The molecular formula is C15H21FN2O3. The van der Waals surface area contributed by atoms with Crippen molar-refractivity contribution in [1.29, 1.82) is 0 Å². The zero-order valence-electron chi connectivity index (χ0n) is 12.5. The molecule has 0 aliphatic heterocycles. The number of carboxylic acids is 1. The van der Waals surface area contributed by atoms with Gasteiger partial charge in [-0.2, -0.15) is 0 Å². The van der Waals surface area contributed by atoms with Crippen LogP contribution in [0.15, 0.2) is 12.1 Å². The Morgan fingerprint density at radius 3 is 2.33 bits per heavy atom. The standard InChI is InChI=1S/C15H21FN2O3/c1-4-12(7-13(19)20)18-15(21)17-8-11-5-9(2)14(16)10(3)6-11/h5-6,12H,4,7-8H2,1-3H3,(H,19,20)(H2,17,18,21). The molecule has 21 heavy (non-hydrogen) atoms. The molecule has 0 aromatic heterocycles. The average molecular weight is 296 g/mol. The minimum absolute atomic E-state index is 0.112. The molecule has 0 aliphatic rings. The van der Waals surface area contributed by atoms with Crippen LogP contribution in [0.25, 0.3) is 0 Å². The topological polar surface area (TPSA) is 78.4 Å². The normalized spacial score (nSPS) is 11.8. The molecule has 1 unspecified atom stereocenters. The molecule has 2 amide bonds. The first-order valence-electron chi connectivity index (χ1n) is 6.85. The summed E-state index contributed by atoms with van der Waals surface area (Å²) in [5.41, 5.74) is 1.86. The average Bonchev–Trinajstić information content (AvgIpc) is 2.41. The van der Waals surface area contributed by atoms with Crippen LogP contribution in [0.1, 0.15) is 36.5 Å². The number of carbonyl (C=O) groups excluding carboxylic acids is 1. The second-order valence-electron chi connectivity index (χ2n) is 5.07. The Balaban J connectivity index is 2.55. The van der Waals surface area contributed by atoms with Gasteiger partial charge in [-0.15, -0.1) is 0 Å². The fourth-order valence-corrected chi connectivity index (χ4v) is 2.06. The van der Waals surface area contributed by atoms with Crippen molar-refractivity contribution in [3.8, 4) is 0 Å². The lowest BCUT2D eigenvalue weighted by Crippen LogP contribution is -2.42. The van der Waals surface area contributed by atoms with Gasteiger partial charge < -0.3 is 15.7 Å². The summed E-state index contributed by atoms with van der Waals surface area (Å²) in [7, 11) is 0. The van der Waals surface area contributed by atoms with Crippen LogP contribution in [0, 0.1) is 19.7 Å². The molecule has 1 aromatic rings. The van der Waals surface area contributed by atoms with Crippen molar-refractivity contribution in [3.63, 3.8) is 0 Å². The number of nitrogens with one attached hydrogen (secondary N) is 2. The summed E-state index contributed by atoms with van der Waals surface area (Å²) in [6.45, 7) is 5.41. The van der Waals surface area contributed by atoms with E-state index < -0.39 is 18.0 Å². The SMILES string of the molecule is CCC(CC(=O)O)NC(=O)NCc1cc(C)c(F)c(C)c1. The minimum atomic E-state index is -0.952. The molecule has 116 valence electrons. The largest absolute Gasteiger partial charge is 0.481 e. The number of rotatable bonds is 6. The van der Waals surface area contributed by atoms with Crippen LogP contribution in [0.4, 0.5) is 9.18 Å². The van der Waals surface area contributed by atoms with Crippen molar-refractivity contribution in [2.75, 3.05) is 0 Å². The predicted molar refractivity (Wildman–Crippen MR) is 77.6 cm³/mol. The van der Waals surface area contributed by atoms with E-state index in [4.69, 9.17) is 5.11 Å². The van der Waals surface area contributed by atoms with E-state index in [1.54, 1.807) is 32.9 Å². The van der Waals surface area contributed by atoms with Crippen LogP contribution in [-0.2, 0) is 11.3 Å². The van der Waals surface area contributed by atoms with Crippen molar-refractivity contribution in [3.05, 3.63) is 34.6 Å². The lowest BCUT2D eigenvalue weighted by molar-refractivity contribution is -0.137. The van der Waals surface area contributed by atoms with Crippen molar-refractivity contribution < 1.29 is 19.1 Å². The Morgan fingerprint density at radius 1 is 1.29 bits per heavy atom. The van der Waals surface area contributed by atoms with Crippen LogP contribution < -0.4 is 10.6 Å². The molecule has 0 fully saturated rings. The molecule has 0 saturated carbocycles. The van der Waals surface area contributed by atoms with Gasteiger partial charge in [0.2, 0.25) is 0 Å². The summed E-state index contributed by atoms with van der Waals surface area (Å²) in [6, 6.07) is 2.52. The number of hydrogen-bond donors (Lipinski definition) is 3. The molecule has 1 atom stereocenters. The summed E-state index contributed by atoms with van der Waals surface area (Å²) >= 11 is 0. The third-order valence-corrected chi connectivity index (χ3v) is 3.20. The molecule has 0 bridgehead atoms. The lowest BCUT2D eigenvalue weighted by atomic mass is 10.1. The van der Waals surface area contributed by atoms with Gasteiger partial charge in [-0.25, -0.2) is 9.18 Å². The first kappa shape index (κ1) is 16.9. The van der Waals surface area contributed by atoms with Gasteiger partial charge in [0.1, 0.15) is 5.82 Å². The molecule has 0 saturated heterocycles. The summed E-state index contributed by atoms with van der Waals surface area (Å²) < 4.78 is 13.5. The van der Waals surface area contributed by atoms with Crippen LogP contribution in [0.5, 0.6) is 0 Å². The Kier molecular flexibility index (Phi) is 6.14. The quantitative estimate of drug-likeness (QED) is 0.754. The van der Waals surface area contributed by atoms with E-state index >= 15 is 0 Å². The van der Waals surface area contributed by atoms with Gasteiger partial charge in [0.05, 0.1) is 6.42 Å². The number of carboxylic acid groups (broad SMARTS) is 1. The first-order chi connectivity index (χ1) is 9.83. The van der Waals surface area contributed by atoms with Crippen molar-refractivity contribution in [2.24, 2.45) is 0 Å². The Morgan fingerprint density at radius 2 is 1.86 bits per heavy atom. The van der Waals surface area contributed by atoms with E-state index in [0.29, 0.717) is 17.5 Å². The molecule has 1 rings (SSSR count). The van der Waals surface area contributed by atoms with Gasteiger partial charge in [0, 0.05) is 12.6 Å². The van der Waals surface area contributed by atoms with E-state index in [-0.39, 0.29) is 18.8 Å². The summed E-state index contributed by atoms with van der Waals surface area (Å²) in [6.07, 6.45) is 0.424. The molecule has 0 spiro atoms. The number of urea groups is 1. The molecule has 5 nitrogen and oxygen atoms in total. The number of carbonyl (C=O) groups is 2. The first-order valence-corrected chi connectivity index (χ1v) is 6.85. The molecule has 6 heteroatoms. The number of amides is 2. The van der Waals surface area contributed by atoms with Crippen LogP contribution in [-0.4, -0.2) is 23.1 Å².